The number of hydrogen-bond acceptors (Lipinski definition) is 6. The van der Waals surface area contributed by atoms with Crippen LogP contribution in [-0.2, 0) is 14.3 Å². The standard InChI is InChI=1S/C14H20N4O5/c1-4-23-12(21)6-5-10(9(3)19)16-14(22)18-13-15-8(2)7-11(20)17-13/h7,10H,4-6H2,1-3H3,(H3,15,16,17,18,20,22). The summed E-state index contributed by atoms with van der Waals surface area (Å²) in [5.74, 6) is -0.763. The highest BCUT2D eigenvalue weighted by Crippen LogP contribution is 2.02. The van der Waals surface area contributed by atoms with Gasteiger partial charge in [0, 0.05) is 18.2 Å². The topological polar surface area (TPSA) is 130 Å². The van der Waals surface area contributed by atoms with E-state index in [4.69, 9.17) is 4.74 Å². The first-order valence-corrected chi connectivity index (χ1v) is 7.13. The van der Waals surface area contributed by atoms with Crippen molar-refractivity contribution in [3.63, 3.8) is 0 Å². The van der Waals surface area contributed by atoms with Crippen molar-refractivity contribution in [2.45, 2.75) is 39.7 Å². The van der Waals surface area contributed by atoms with Gasteiger partial charge in [-0.3, -0.25) is 19.7 Å². The minimum Gasteiger partial charge on any atom is -0.466 e. The van der Waals surface area contributed by atoms with Crippen LogP contribution >= 0.6 is 0 Å². The highest BCUT2D eigenvalue weighted by atomic mass is 16.5. The van der Waals surface area contributed by atoms with Crippen molar-refractivity contribution in [3.05, 3.63) is 22.1 Å². The van der Waals surface area contributed by atoms with Crippen LogP contribution in [0.1, 0.15) is 32.4 Å². The number of Topliss-reactive ketones (excluding diaryl/α,β-unsaturated/α-hetero) is 1. The summed E-state index contributed by atoms with van der Waals surface area (Å²) in [6.07, 6.45) is 0.136. The lowest BCUT2D eigenvalue weighted by molar-refractivity contribution is -0.143. The Hall–Kier alpha value is -2.71. The highest BCUT2D eigenvalue weighted by Gasteiger charge is 2.19. The number of aromatic amines is 1. The molecule has 0 saturated heterocycles. The molecule has 0 radical (unpaired) electrons. The van der Waals surface area contributed by atoms with Crippen LogP contribution in [0.4, 0.5) is 10.7 Å². The van der Waals surface area contributed by atoms with E-state index in [0.29, 0.717) is 5.69 Å². The fourth-order valence-corrected chi connectivity index (χ4v) is 1.81. The van der Waals surface area contributed by atoms with Crippen LogP contribution in [0.15, 0.2) is 10.9 Å². The van der Waals surface area contributed by atoms with Gasteiger partial charge in [0.1, 0.15) is 0 Å². The van der Waals surface area contributed by atoms with Crippen LogP contribution in [0.5, 0.6) is 0 Å². The van der Waals surface area contributed by atoms with Crippen LogP contribution in [0, 0.1) is 6.92 Å². The lowest BCUT2D eigenvalue weighted by Gasteiger charge is -2.15. The lowest BCUT2D eigenvalue weighted by atomic mass is 10.1. The number of nitrogens with one attached hydrogen (secondary N) is 3. The van der Waals surface area contributed by atoms with Gasteiger partial charge >= 0.3 is 12.0 Å². The molecule has 1 unspecified atom stereocenters. The molecular formula is C14H20N4O5. The summed E-state index contributed by atoms with van der Waals surface area (Å²) in [4.78, 5) is 52.3. The Balaban J connectivity index is 2.61. The Kier molecular flexibility index (Phi) is 6.91. The summed E-state index contributed by atoms with van der Waals surface area (Å²) >= 11 is 0. The highest BCUT2D eigenvalue weighted by molar-refractivity contribution is 5.92. The maximum Gasteiger partial charge on any atom is 0.322 e. The number of esters is 1. The first-order valence-electron chi connectivity index (χ1n) is 7.13. The van der Waals surface area contributed by atoms with E-state index in [9.17, 15) is 19.2 Å². The Morgan fingerprint density at radius 2 is 2.09 bits per heavy atom. The molecule has 0 aliphatic carbocycles. The first-order chi connectivity index (χ1) is 10.8. The first kappa shape index (κ1) is 18.3. The molecule has 0 aliphatic rings. The smallest absolute Gasteiger partial charge is 0.322 e. The van der Waals surface area contributed by atoms with E-state index >= 15 is 0 Å². The fraction of sp³-hybridized carbons (Fsp3) is 0.500. The monoisotopic (exact) mass is 324 g/mol. The molecule has 1 aromatic heterocycles. The Morgan fingerprint density at radius 1 is 1.39 bits per heavy atom. The molecule has 23 heavy (non-hydrogen) atoms. The molecule has 0 spiro atoms. The number of H-pyrrole nitrogens is 1. The van der Waals surface area contributed by atoms with Gasteiger partial charge in [0.2, 0.25) is 5.95 Å². The minimum absolute atomic E-state index is 0.0118. The van der Waals surface area contributed by atoms with E-state index in [-0.39, 0.29) is 31.2 Å². The molecule has 9 nitrogen and oxygen atoms in total. The number of amides is 2. The molecule has 2 amide bonds. The zero-order chi connectivity index (χ0) is 17.4. The third-order valence-electron chi connectivity index (χ3n) is 2.85. The molecule has 0 aliphatic heterocycles. The molecule has 1 atom stereocenters. The van der Waals surface area contributed by atoms with E-state index < -0.39 is 23.6 Å². The van der Waals surface area contributed by atoms with Crippen molar-refractivity contribution in [1.82, 2.24) is 15.3 Å². The number of nitrogens with zero attached hydrogens (tertiary/aromatic N) is 1. The zero-order valence-corrected chi connectivity index (χ0v) is 13.3. The largest absolute Gasteiger partial charge is 0.466 e. The summed E-state index contributed by atoms with van der Waals surface area (Å²) < 4.78 is 4.77. The van der Waals surface area contributed by atoms with E-state index in [1.165, 1.54) is 13.0 Å². The summed E-state index contributed by atoms with van der Waals surface area (Å²) in [5.41, 5.74) is 0.0349. The van der Waals surface area contributed by atoms with Crippen LogP contribution in [0.25, 0.3) is 0 Å². The number of carbonyl (C=O) groups is 3. The average Bonchev–Trinajstić information content (AvgIpc) is 2.42. The molecule has 0 fully saturated rings. The van der Waals surface area contributed by atoms with Gasteiger partial charge in [0.15, 0.2) is 5.78 Å². The van der Waals surface area contributed by atoms with Gasteiger partial charge in [-0.1, -0.05) is 0 Å². The van der Waals surface area contributed by atoms with Crippen molar-refractivity contribution in [2.75, 3.05) is 11.9 Å². The third kappa shape index (κ3) is 6.72. The molecule has 126 valence electrons. The van der Waals surface area contributed by atoms with Crippen molar-refractivity contribution < 1.29 is 19.1 Å². The number of ketones is 1. The SMILES string of the molecule is CCOC(=O)CCC(NC(=O)Nc1nc(=O)cc(C)[nH]1)C(C)=O. The number of rotatable bonds is 7. The molecule has 1 aromatic rings. The van der Waals surface area contributed by atoms with Gasteiger partial charge in [-0.2, -0.15) is 4.98 Å². The Bertz CT molecular complexity index is 640. The predicted octanol–water partition coefficient (Wildman–Crippen LogP) is 0.501. The van der Waals surface area contributed by atoms with Crippen molar-refractivity contribution >= 4 is 23.7 Å². The Morgan fingerprint density at radius 3 is 2.65 bits per heavy atom. The van der Waals surface area contributed by atoms with Crippen molar-refractivity contribution in [3.8, 4) is 0 Å². The fourth-order valence-electron chi connectivity index (χ4n) is 1.81. The summed E-state index contributed by atoms with van der Waals surface area (Å²) in [6.45, 7) is 4.89. The second-order valence-corrected chi connectivity index (χ2v) is 4.86. The van der Waals surface area contributed by atoms with Gasteiger partial charge in [-0.15, -0.1) is 0 Å². The summed E-state index contributed by atoms with van der Waals surface area (Å²) in [7, 11) is 0. The summed E-state index contributed by atoms with van der Waals surface area (Å²) in [5, 5.41) is 4.77. The van der Waals surface area contributed by atoms with Crippen molar-refractivity contribution in [1.29, 1.82) is 0 Å². The number of ether oxygens (including phenoxy) is 1. The molecule has 1 rings (SSSR count). The molecule has 0 aromatic carbocycles. The number of hydrogen-bond donors (Lipinski definition) is 3. The average molecular weight is 324 g/mol. The molecular weight excluding hydrogens is 304 g/mol. The van der Waals surface area contributed by atoms with E-state index in [1.807, 2.05) is 0 Å². The molecule has 0 saturated carbocycles. The van der Waals surface area contributed by atoms with Crippen LogP contribution in [-0.4, -0.2) is 40.4 Å². The molecule has 9 heteroatoms. The van der Waals surface area contributed by atoms with Gasteiger partial charge in [0.05, 0.1) is 12.6 Å². The van der Waals surface area contributed by atoms with Gasteiger partial charge in [-0.25, -0.2) is 4.79 Å². The normalized spacial score (nSPS) is 11.4. The van der Waals surface area contributed by atoms with Crippen molar-refractivity contribution in [2.24, 2.45) is 0 Å². The number of urea groups is 1. The second-order valence-electron chi connectivity index (χ2n) is 4.86. The number of aromatic nitrogens is 2. The maximum atomic E-state index is 11.9. The molecule has 3 N–H and O–H groups in total. The van der Waals surface area contributed by atoms with Crippen LogP contribution in [0.3, 0.4) is 0 Å². The van der Waals surface area contributed by atoms with E-state index in [0.717, 1.165) is 0 Å². The quantitative estimate of drug-likeness (QED) is 0.626. The van der Waals surface area contributed by atoms with E-state index in [1.54, 1.807) is 13.8 Å². The predicted molar refractivity (Wildman–Crippen MR) is 82.1 cm³/mol. The molecule has 1 heterocycles. The zero-order valence-electron chi connectivity index (χ0n) is 13.3. The number of aryl methyl sites for hydroxylation is 1. The van der Waals surface area contributed by atoms with Gasteiger partial charge in [0.25, 0.3) is 5.56 Å². The van der Waals surface area contributed by atoms with Crippen LogP contribution < -0.4 is 16.2 Å². The number of carbonyl (C=O) groups excluding carboxylic acids is 3. The molecule has 0 bridgehead atoms. The lowest BCUT2D eigenvalue weighted by Crippen LogP contribution is -2.42. The van der Waals surface area contributed by atoms with Gasteiger partial charge < -0.3 is 15.0 Å². The number of anilines is 1. The summed E-state index contributed by atoms with van der Waals surface area (Å²) in [6, 6.07) is -0.264. The minimum atomic E-state index is -0.837. The Labute approximate surface area is 132 Å². The van der Waals surface area contributed by atoms with E-state index in [2.05, 4.69) is 20.6 Å². The second kappa shape index (κ2) is 8.66. The third-order valence-corrected chi connectivity index (χ3v) is 2.85. The maximum absolute atomic E-state index is 11.9. The van der Waals surface area contributed by atoms with Crippen LogP contribution in [0.2, 0.25) is 0 Å². The van der Waals surface area contributed by atoms with Gasteiger partial charge in [-0.05, 0) is 27.2 Å².